The van der Waals surface area contributed by atoms with Gasteiger partial charge >= 0.3 is 5.97 Å². The van der Waals surface area contributed by atoms with Crippen LogP contribution in [0.5, 0.6) is 5.75 Å². The van der Waals surface area contributed by atoms with E-state index < -0.39 is 29.9 Å². The lowest BCUT2D eigenvalue weighted by Gasteiger charge is -2.36. The molecule has 8 heteroatoms. The molecule has 2 atom stereocenters. The van der Waals surface area contributed by atoms with Crippen LogP contribution in [-0.4, -0.2) is 35.0 Å². The van der Waals surface area contributed by atoms with Crippen LogP contribution in [0.3, 0.4) is 0 Å². The molecule has 2 N–H and O–H groups in total. The third-order valence-electron chi connectivity index (χ3n) is 4.25. The number of hydrogen-bond acceptors (Lipinski definition) is 4. The SMILES string of the molecule is CC1Oc2cc(C(=O)O)ccc2N(C(C)C(=O)Nc2ccccc2Cl)C1=O. The minimum atomic E-state index is -1.11. The number of anilines is 2. The number of nitrogens with zero attached hydrogens (tertiary/aromatic N) is 1. The van der Waals surface area contributed by atoms with Gasteiger partial charge in [-0.25, -0.2) is 4.79 Å². The van der Waals surface area contributed by atoms with Crippen LogP contribution < -0.4 is 15.0 Å². The smallest absolute Gasteiger partial charge is 0.335 e. The van der Waals surface area contributed by atoms with Gasteiger partial charge in [-0.1, -0.05) is 23.7 Å². The Kier molecular flexibility index (Phi) is 5.05. The summed E-state index contributed by atoms with van der Waals surface area (Å²) in [7, 11) is 0. The Hall–Kier alpha value is -3.06. The highest BCUT2D eigenvalue weighted by Crippen LogP contribution is 2.36. The van der Waals surface area contributed by atoms with Crippen molar-refractivity contribution in [2.24, 2.45) is 0 Å². The van der Waals surface area contributed by atoms with Crippen molar-refractivity contribution in [3.8, 4) is 5.75 Å². The van der Waals surface area contributed by atoms with Crippen LogP contribution in [0, 0.1) is 0 Å². The van der Waals surface area contributed by atoms with Gasteiger partial charge in [-0.2, -0.15) is 0 Å². The first-order chi connectivity index (χ1) is 12.8. The number of benzene rings is 2. The maximum atomic E-state index is 12.7. The Morgan fingerprint density at radius 2 is 1.96 bits per heavy atom. The van der Waals surface area contributed by atoms with Crippen LogP contribution in [0.25, 0.3) is 0 Å². The number of amides is 2. The average Bonchev–Trinajstić information content (AvgIpc) is 2.63. The molecule has 0 bridgehead atoms. The van der Waals surface area contributed by atoms with Crippen LogP contribution in [-0.2, 0) is 9.59 Å². The van der Waals surface area contributed by atoms with Crippen LogP contribution >= 0.6 is 11.6 Å². The van der Waals surface area contributed by atoms with E-state index in [0.717, 1.165) is 0 Å². The zero-order valence-electron chi connectivity index (χ0n) is 14.6. The summed E-state index contributed by atoms with van der Waals surface area (Å²) < 4.78 is 5.53. The molecular weight excluding hydrogens is 372 g/mol. The molecule has 0 spiro atoms. The highest BCUT2D eigenvalue weighted by Gasteiger charge is 2.37. The van der Waals surface area contributed by atoms with Gasteiger partial charge in [0.1, 0.15) is 11.8 Å². The van der Waals surface area contributed by atoms with Gasteiger partial charge in [0, 0.05) is 0 Å². The molecule has 2 amide bonds. The Morgan fingerprint density at radius 3 is 2.63 bits per heavy atom. The zero-order chi connectivity index (χ0) is 19.7. The number of nitrogens with one attached hydrogen (secondary N) is 1. The molecule has 0 aromatic heterocycles. The lowest BCUT2D eigenvalue weighted by Crippen LogP contribution is -2.52. The van der Waals surface area contributed by atoms with Gasteiger partial charge in [-0.3, -0.25) is 14.5 Å². The number of ether oxygens (including phenoxy) is 1. The predicted octanol–water partition coefficient (Wildman–Crippen LogP) is 3.18. The van der Waals surface area contributed by atoms with E-state index in [-0.39, 0.29) is 11.3 Å². The van der Waals surface area contributed by atoms with Crippen LogP contribution in [0.2, 0.25) is 5.02 Å². The third kappa shape index (κ3) is 3.59. The molecule has 2 aromatic carbocycles. The van der Waals surface area contributed by atoms with Crippen LogP contribution in [0.15, 0.2) is 42.5 Å². The van der Waals surface area contributed by atoms with Gasteiger partial charge in [-0.15, -0.1) is 0 Å². The minimum Gasteiger partial charge on any atom is -0.479 e. The van der Waals surface area contributed by atoms with Gasteiger partial charge in [-0.05, 0) is 44.2 Å². The van der Waals surface area contributed by atoms with E-state index in [4.69, 9.17) is 21.4 Å². The van der Waals surface area contributed by atoms with E-state index in [9.17, 15) is 14.4 Å². The Morgan fingerprint density at radius 1 is 1.26 bits per heavy atom. The van der Waals surface area contributed by atoms with Gasteiger partial charge in [0.25, 0.3) is 5.91 Å². The number of carbonyl (C=O) groups is 3. The van der Waals surface area contributed by atoms with Gasteiger partial charge in [0.2, 0.25) is 5.91 Å². The normalized spacial score (nSPS) is 16.9. The molecule has 2 unspecified atom stereocenters. The van der Waals surface area contributed by atoms with Gasteiger partial charge < -0.3 is 15.2 Å². The summed E-state index contributed by atoms with van der Waals surface area (Å²) in [5.74, 6) is -1.70. The molecule has 1 aliphatic rings. The lowest BCUT2D eigenvalue weighted by molar-refractivity contribution is -0.128. The fourth-order valence-electron chi connectivity index (χ4n) is 2.81. The minimum absolute atomic E-state index is 0.0309. The van der Waals surface area contributed by atoms with E-state index in [1.807, 2.05) is 0 Å². The van der Waals surface area contributed by atoms with Crippen molar-refractivity contribution >= 4 is 40.8 Å². The highest BCUT2D eigenvalue weighted by molar-refractivity contribution is 6.33. The number of rotatable bonds is 4. The number of aromatic carboxylic acids is 1. The summed E-state index contributed by atoms with van der Waals surface area (Å²) in [4.78, 5) is 37.8. The molecule has 0 aliphatic carbocycles. The van der Waals surface area contributed by atoms with E-state index in [1.165, 1.54) is 23.1 Å². The van der Waals surface area contributed by atoms with Crippen molar-refractivity contribution in [1.82, 2.24) is 0 Å². The second-order valence-electron chi connectivity index (χ2n) is 6.10. The fourth-order valence-corrected chi connectivity index (χ4v) is 3.00. The number of hydrogen-bond donors (Lipinski definition) is 2. The molecule has 1 aliphatic heterocycles. The van der Waals surface area contributed by atoms with Crippen molar-refractivity contribution in [3.05, 3.63) is 53.1 Å². The monoisotopic (exact) mass is 388 g/mol. The number of para-hydroxylation sites is 1. The molecule has 2 aromatic rings. The molecule has 0 saturated carbocycles. The summed E-state index contributed by atoms with van der Waals surface area (Å²) in [6, 6.07) is 10.1. The van der Waals surface area contributed by atoms with Crippen molar-refractivity contribution in [2.45, 2.75) is 26.0 Å². The van der Waals surface area contributed by atoms with E-state index >= 15 is 0 Å². The summed E-state index contributed by atoms with van der Waals surface area (Å²) in [5.41, 5.74) is 0.805. The highest BCUT2D eigenvalue weighted by atomic mass is 35.5. The molecule has 7 nitrogen and oxygen atoms in total. The second-order valence-corrected chi connectivity index (χ2v) is 6.51. The van der Waals surface area contributed by atoms with Crippen LogP contribution in [0.1, 0.15) is 24.2 Å². The standard InChI is InChI=1S/C19H17ClN2O5/c1-10(17(23)21-14-6-4-3-5-13(14)20)22-15-8-7-12(19(25)26)9-16(15)27-11(2)18(22)24/h3-11H,1-2H3,(H,21,23)(H,25,26). The Labute approximate surface area is 160 Å². The zero-order valence-corrected chi connectivity index (χ0v) is 15.4. The Bertz CT molecular complexity index is 930. The molecule has 0 radical (unpaired) electrons. The number of carboxylic acid groups (broad SMARTS) is 1. The maximum absolute atomic E-state index is 12.7. The molecule has 0 saturated heterocycles. The lowest BCUT2D eigenvalue weighted by atomic mass is 10.1. The van der Waals surface area contributed by atoms with Gasteiger partial charge in [0.05, 0.1) is 22.0 Å². The van der Waals surface area contributed by atoms with Gasteiger partial charge in [0.15, 0.2) is 6.10 Å². The summed E-state index contributed by atoms with van der Waals surface area (Å²) in [6.07, 6.45) is -0.850. The predicted molar refractivity (Wildman–Crippen MR) is 101 cm³/mol. The van der Waals surface area contributed by atoms with Crippen LogP contribution in [0.4, 0.5) is 11.4 Å². The first kappa shape index (κ1) is 18.7. The summed E-state index contributed by atoms with van der Waals surface area (Å²) >= 11 is 6.07. The Balaban J connectivity index is 1.93. The maximum Gasteiger partial charge on any atom is 0.335 e. The largest absolute Gasteiger partial charge is 0.479 e. The molecule has 140 valence electrons. The average molecular weight is 389 g/mol. The van der Waals surface area contributed by atoms with Crippen molar-refractivity contribution in [2.75, 3.05) is 10.2 Å². The quantitative estimate of drug-likeness (QED) is 0.838. The molecule has 27 heavy (non-hydrogen) atoms. The number of fused-ring (bicyclic) bond motifs is 1. The third-order valence-corrected chi connectivity index (χ3v) is 4.58. The molecule has 1 heterocycles. The first-order valence-corrected chi connectivity index (χ1v) is 8.60. The number of carboxylic acids is 1. The topological polar surface area (TPSA) is 95.9 Å². The summed E-state index contributed by atoms with van der Waals surface area (Å²) in [6.45, 7) is 3.13. The van der Waals surface area contributed by atoms with E-state index in [0.29, 0.717) is 16.4 Å². The number of carbonyl (C=O) groups excluding carboxylic acids is 2. The van der Waals surface area contributed by atoms with E-state index in [2.05, 4.69) is 5.32 Å². The molecular formula is C19H17ClN2O5. The fraction of sp³-hybridized carbons (Fsp3) is 0.211. The second kappa shape index (κ2) is 7.28. The van der Waals surface area contributed by atoms with Crippen molar-refractivity contribution in [3.63, 3.8) is 0 Å². The number of halogens is 1. The van der Waals surface area contributed by atoms with Crippen molar-refractivity contribution < 1.29 is 24.2 Å². The molecule has 3 rings (SSSR count). The van der Waals surface area contributed by atoms with Crippen molar-refractivity contribution in [1.29, 1.82) is 0 Å². The molecule has 0 fully saturated rings. The van der Waals surface area contributed by atoms with E-state index in [1.54, 1.807) is 38.1 Å². The first-order valence-electron chi connectivity index (χ1n) is 8.22. The summed E-state index contributed by atoms with van der Waals surface area (Å²) in [5, 5.41) is 12.2.